The molecule has 3 aromatic rings. The van der Waals surface area contributed by atoms with Gasteiger partial charge in [-0.1, -0.05) is 50.1 Å². The van der Waals surface area contributed by atoms with E-state index in [2.05, 4.69) is 83.5 Å². The molecule has 1 heterocycles. The summed E-state index contributed by atoms with van der Waals surface area (Å²) in [5.74, 6) is 0. The minimum atomic E-state index is 0.522. The van der Waals surface area contributed by atoms with Crippen LogP contribution in [0, 0.1) is 0 Å². The molecule has 0 atom stereocenters. The Labute approximate surface area is 173 Å². The summed E-state index contributed by atoms with van der Waals surface area (Å²) in [4.78, 5) is 2.42. The third kappa shape index (κ3) is 3.93. The van der Waals surface area contributed by atoms with Crippen LogP contribution in [0.1, 0.15) is 43.7 Å². The summed E-state index contributed by atoms with van der Waals surface area (Å²) in [6.07, 6.45) is 8.33. The molecule has 1 aliphatic rings. The van der Waals surface area contributed by atoms with Crippen LogP contribution >= 0.6 is 12.2 Å². The van der Waals surface area contributed by atoms with Crippen LogP contribution in [0.15, 0.2) is 54.7 Å². The molecule has 4 heteroatoms. The fraction of sp³-hybridized carbons (Fsp3) is 0.375. The van der Waals surface area contributed by atoms with Gasteiger partial charge in [-0.2, -0.15) is 0 Å². The average Bonchev–Trinajstić information content (AvgIpc) is 3.35. The highest BCUT2D eigenvalue weighted by atomic mass is 32.1. The first-order valence-corrected chi connectivity index (χ1v) is 10.8. The van der Waals surface area contributed by atoms with Gasteiger partial charge in [0, 0.05) is 42.4 Å². The van der Waals surface area contributed by atoms with E-state index in [1.54, 1.807) is 0 Å². The molecule has 0 amide bonds. The van der Waals surface area contributed by atoms with E-state index in [1.807, 2.05) is 0 Å². The summed E-state index contributed by atoms with van der Waals surface area (Å²) >= 11 is 5.91. The Kier molecular flexibility index (Phi) is 5.67. The van der Waals surface area contributed by atoms with E-state index in [-0.39, 0.29) is 0 Å². The maximum Gasteiger partial charge on any atom is 0.173 e. The van der Waals surface area contributed by atoms with Gasteiger partial charge in [0.25, 0.3) is 0 Å². The molecule has 1 aliphatic carbocycles. The van der Waals surface area contributed by atoms with Gasteiger partial charge in [0.1, 0.15) is 0 Å². The number of anilines is 1. The molecule has 2 aromatic carbocycles. The summed E-state index contributed by atoms with van der Waals surface area (Å²) in [6, 6.07) is 17.7. The summed E-state index contributed by atoms with van der Waals surface area (Å²) < 4.78 is 2.22. The fourth-order valence-corrected chi connectivity index (χ4v) is 4.71. The second-order valence-electron chi connectivity index (χ2n) is 7.83. The Morgan fingerprint density at radius 3 is 2.71 bits per heavy atom. The SMILES string of the molecule is CCc1cccc(NC(=S)N(Cc2cn(C)c3ccccc23)C2CCCC2)c1. The van der Waals surface area contributed by atoms with Crippen LogP contribution < -0.4 is 5.32 Å². The average molecular weight is 392 g/mol. The Hall–Kier alpha value is -2.33. The molecular weight excluding hydrogens is 362 g/mol. The van der Waals surface area contributed by atoms with Gasteiger partial charge in [0.2, 0.25) is 0 Å². The number of thiocarbonyl (C=S) groups is 1. The number of aryl methyl sites for hydroxylation is 2. The zero-order valence-electron chi connectivity index (χ0n) is 16.8. The predicted octanol–water partition coefficient (Wildman–Crippen LogP) is 5.88. The van der Waals surface area contributed by atoms with Gasteiger partial charge >= 0.3 is 0 Å². The molecule has 1 fully saturated rings. The van der Waals surface area contributed by atoms with Crippen LogP contribution in [0.2, 0.25) is 0 Å². The van der Waals surface area contributed by atoms with E-state index < -0.39 is 0 Å². The smallest absolute Gasteiger partial charge is 0.173 e. The van der Waals surface area contributed by atoms with Gasteiger partial charge < -0.3 is 14.8 Å². The largest absolute Gasteiger partial charge is 0.350 e. The van der Waals surface area contributed by atoms with E-state index in [0.717, 1.165) is 23.8 Å². The number of rotatable bonds is 5. The number of nitrogens with one attached hydrogen (secondary N) is 1. The second kappa shape index (κ2) is 8.36. The summed E-state index contributed by atoms with van der Waals surface area (Å²) in [6.45, 7) is 3.04. The van der Waals surface area contributed by atoms with Crippen molar-refractivity contribution in [3.63, 3.8) is 0 Å². The van der Waals surface area contributed by atoms with Crippen molar-refractivity contribution in [3.05, 3.63) is 65.9 Å². The van der Waals surface area contributed by atoms with Gasteiger partial charge in [0.15, 0.2) is 5.11 Å². The van der Waals surface area contributed by atoms with Gasteiger partial charge in [-0.25, -0.2) is 0 Å². The number of para-hydroxylation sites is 1. The van der Waals surface area contributed by atoms with Crippen molar-refractivity contribution < 1.29 is 0 Å². The fourth-order valence-electron chi connectivity index (χ4n) is 4.38. The lowest BCUT2D eigenvalue weighted by Gasteiger charge is -2.31. The van der Waals surface area contributed by atoms with Crippen molar-refractivity contribution in [2.45, 2.75) is 51.6 Å². The number of fused-ring (bicyclic) bond motifs is 1. The summed E-state index contributed by atoms with van der Waals surface area (Å²) in [7, 11) is 2.12. The van der Waals surface area contributed by atoms with Crippen molar-refractivity contribution in [3.8, 4) is 0 Å². The maximum atomic E-state index is 5.91. The monoisotopic (exact) mass is 391 g/mol. The highest BCUT2D eigenvalue weighted by molar-refractivity contribution is 7.80. The predicted molar refractivity (Wildman–Crippen MR) is 123 cm³/mol. The van der Waals surface area contributed by atoms with Crippen LogP contribution in [-0.2, 0) is 20.0 Å². The minimum Gasteiger partial charge on any atom is -0.350 e. The number of benzene rings is 2. The Balaban J connectivity index is 1.60. The number of aromatic nitrogens is 1. The Morgan fingerprint density at radius 2 is 1.93 bits per heavy atom. The lowest BCUT2D eigenvalue weighted by molar-refractivity contribution is 0.313. The Morgan fingerprint density at radius 1 is 1.14 bits per heavy atom. The molecule has 0 saturated heterocycles. The van der Waals surface area contributed by atoms with E-state index in [9.17, 15) is 0 Å². The van der Waals surface area contributed by atoms with Gasteiger partial charge in [0.05, 0.1) is 0 Å². The highest BCUT2D eigenvalue weighted by Crippen LogP contribution is 2.28. The van der Waals surface area contributed by atoms with Crippen LogP contribution in [0.3, 0.4) is 0 Å². The highest BCUT2D eigenvalue weighted by Gasteiger charge is 2.26. The van der Waals surface area contributed by atoms with Crippen LogP contribution in [0.25, 0.3) is 10.9 Å². The topological polar surface area (TPSA) is 20.2 Å². The second-order valence-corrected chi connectivity index (χ2v) is 8.22. The molecule has 0 unspecified atom stereocenters. The molecule has 1 N–H and O–H groups in total. The Bertz CT molecular complexity index is 969. The zero-order valence-corrected chi connectivity index (χ0v) is 17.6. The van der Waals surface area contributed by atoms with Crippen LogP contribution in [0.4, 0.5) is 5.69 Å². The molecule has 4 rings (SSSR count). The van der Waals surface area contributed by atoms with Crippen LogP contribution in [0.5, 0.6) is 0 Å². The number of hydrogen-bond acceptors (Lipinski definition) is 1. The molecule has 0 radical (unpaired) electrons. The van der Waals surface area contributed by atoms with E-state index in [0.29, 0.717) is 6.04 Å². The molecule has 3 nitrogen and oxygen atoms in total. The van der Waals surface area contributed by atoms with Crippen molar-refractivity contribution in [2.75, 3.05) is 5.32 Å². The molecule has 0 spiro atoms. The lowest BCUT2D eigenvalue weighted by Crippen LogP contribution is -2.40. The van der Waals surface area contributed by atoms with Gasteiger partial charge in [-0.15, -0.1) is 0 Å². The first-order valence-electron chi connectivity index (χ1n) is 10.3. The summed E-state index contributed by atoms with van der Waals surface area (Å²) in [5.41, 5.74) is 5.04. The molecule has 146 valence electrons. The van der Waals surface area contributed by atoms with Crippen molar-refractivity contribution in [1.29, 1.82) is 0 Å². The van der Waals surface area contributed by atoms with Gasteiger partial charge in [-0.3, -0.25) is 0 Å². The zero-order chi connectivity index (χ0) is 19.5. The third-order valence-electron chi connectivity index (χ3n) is 5.93. The first kappa shape index (κ1) is 19.0. The molecule has 28 heavy (non-hydrogen) atoms. The van der Waals surface area contributed by atoms with E-state index >= 15 is 0 Å². The molecule has 1 aromatic heterocycles. The minimum absolute atomic E-state index is 0.522. The normalized spacial score (nSPS) is 14.5. The number of nitrogens with zero attached hydrogens (tertiary/aromatic N) is 2. The molecule has 1 saturated carbocycles. The first-order chi connectivity index (χ1) is 13.7. The summed E-state index contributed by atoms with van der Waals surface area (Å²) in [5, 5.41) is 5.68. The maximum absolute atomic E-state index is 5.91. The van der Waals surface area contributed by atoms with Crippen molar-refractivity contribution >= 4 is 33.9 Å². The quantitative estimate of drug-likeness (QED) is 0.548. The standard InChI is InChI=1S/C24H29N3S/c1-3-18-9-8-10-20(15-18)25-24(28)27(21-11-4-5-12-21)17-19-16-26(2)23-14-7-6-13-22(19)23/h6-10,13-16,21H,3-5,11-12,17H2,1-2H3,(H,25,28). The number of hydrogen-bond donors (Lipinski definition) is 1. The molecule has 0 bridgehead atoms. The van der Waals surface area contributed by atoms with E-state index in [4.69, 9.17) is 12.2 Å². The van der Waals surface area contributed by atoms with Crippen LogP contribution in [-0.4, -0.2) is 20.6 Å². The lowest BCUT2D eigenvalue weighted by atomic mass is 10.1. The third-order valence-corrected chi connectivity index (χ3v) is 6.27. The van der Waals surface area contributed by atoms with Crippen molar-refractivity contribution in [1.82, 2.24) is 9.47 Å². The molecular formula is C24H29N3S. The van der Waals surface area contributed by atoms with Crippen molar-refractivity contribution in [2.24, 2.45) is 7.05 Å². The van der Waals surface area contributed by atoms with Gasteiger partial charge in [-0.05, 0) is 60.8 Å². The van der Waals surface area contributed by atoms with E-state index in [1.165, 1.54) is 47.7 Å². The molecule has 0 aliphatic heterocycles.